The number of aryl methyl sites for hydroxylation is 2. The predicted octanol–water partition coefficient (Wildman–Crippen LogP) is 4.47. The summed E-state index contributed by atoms with van der Waals surface area (Å²) in [5.74, 6) is 0.846. The summed E-state index contributed by atoms with van der Waals surface area (Å²) in [4.78, 5) is 4.14. The molecule has 0 bridgehead atoms. The van der Waals surface area contributed by atoms with E-state index in [1.165, 1.54) is 16.7 Å². The first-order valence-electron chi connectivity index (χ1n) is 8.43. The van der Waals surface area contributed by atoms with E-state index in [0.29, 0.717) is 6.61 Å². The van der Waals surface area contributed by atoms with Crippen molar-refractivity contribution in [3.05, 3.63) is 83.4 Å². The first-order valence-corrected chi connectivity index (χ1v) is 8.43. The van der Waals surface area contributed by atoms with Crippen LogP contribution in [0.25, 0.3) is 0 Å². The summed E-state index contributed by atoms with van der Waals surface area (Å²) in [6.07, 6.45) is 5.54. The molecule has 0 saturated heterocycles. The summed E-state index contributed by atoms with van der Waals surface area (Å²) in [5, 5.41) is 0. The Morgan fingerprint density at radius 3 is 2.76 bits per heavy atom. The average molecular weight is 336 g/mol. The first kappa shape index (κ1) is 17.2. The van der Waals surface area contributed by atoms with Gasteiger partial charge in [0.15, 0.2) is 0 Å². The minimum absolute atomic E-state index is 0.0414. The van der Waals surface area contributed by atoms with Gasteiger partial charge in [-0.25, -0.2) is 4.98 Å². The lowest BCUT2D eigenvalue weighted by atomic mass is 10.0. The standard InChI is InChI=1S/C21H24N2O2/c1-16-7-8-17(2)20(11-16)21(13-23-10-9-22-15-23)25-14-18-5-4-6-19(12-18)24-3/h4-12,15,21H,13-14H2,1-3H3. The molecule has 1 heterocycles. The Morgan fingerprint density at radius 2 is 2.00 bits per heavy atom. The zero-order valence-corrected chi connectivity index (χ0v) is 15.0. The minimum atomic E-state index is -0.0414. The number of hydrogen-bond donors (Lipinski definition) is 0. The Balaban J connectivity index is 1.81. The van der Waals surface area contributed by atoms with E-state index in [1.54, 1.807) is 13.3 Å². The van der Waals surface area contributed by atoms with Gasteiger partial charge in [-0.1, -0.05) is 35.9 Å². The van der Waals surface area contributed by atoms with Crippen molar-refractivity contribution in [3.8, 4) is 5.75 Å². The number of nitrogens with zero attached hydrogens (tertiary/aromatic N) is 2. The monoisotopic (exact) mass is 336 g/mol. The van der Waals surface area contributed by atoms with Gasteiger partial charge in [0.2, 0.25) is 0 Å². The average Bonchev–Trinajstić information content (AvgIpc) is 3.14. The highest BCUT2D eigenvalue weighted by atomic mass is 16.5. The molecule has 25 heavy (non-hydrogen) atoms. The molecular formula is C21H24N2O2. The second kappa shape index (κ2) is 7.99. The Bertz CT molecular complexity index is 813. The largest absolute Gasteiger partial charge is 0.497 e. The fourth-order valence-electron chi connectivity index (χ4n) is 2.89. The van der Waals surface area contributed by atoms with Gasteiger partial charge in [-0.3, -0.25) is 0 Å². The third-order valence-corrected chi connectivity index (χ3v) is 4.30. The van der Waals surface area contributed by atoms with Gasteiger partial charge in [-0.15, -0.1) is 0 Å². The van der Waals surface area contributed by atoms with Crippen LogP contribution in [0.3, 0.4) is 0 Å². The van der Waals surface area contributed by atoms with Crippen LogP contribution in [0.1, 0.15) is 28.4 Å². The van der Waals surface area contributed by atoms with Crippen LogP contribution in [0.5, 0.6) is 5.75 Å². The smallest absolute Gasteiger partial charge is 0.119 e. The lowest BCUT2D eigenvalue weighted by molar-refractivity contribution is 0.0274. The topological polar surface area (TPSA) is 36.3 Å². The number of rotatable bonds is 7. The molecule has 1 aromatic heterocycles. The van der Waals surface area contributed by atoms with Crippen molar-refractivity contribution in [3.63, 3.8) is 0 Å². The molecular weight excluding hydrogens is 312 g/mol. The van der Waals surface area contributed by atoms with Gasteiger partial charge >= 0.3 is 0 Å². The molecule has 3 aromatic rings. The molecule has 0 saturated carbocycles. The molecule has 2 aromatic carbocycles. The van der Waals surface area contributed by atoms with Crippen LogP contribution in [0.4, 0.5) is 0 Å². The third kappa shape index (κ3) is 4.48. The van der Waals surface area contributed by atoms with Gasteiger partial charge in [-0.2, -0.15) is 0 Å². The van der Waals surface area contributed by atoms with E-state index in [2.05, 4.69) is 47.7 Å². The molecule has 0 aliphatic rings. The van der Waals surface area contributed by atoms with E-state index in [1.807, 2.05) is 30.7 Å². The maximum absolute atomic E-state index is 6.32. The normalized spacial score (nSPS) is 12.1. The maximum Gasteiger partial charge on any atom is 0.119 e. The van der Waals surface area contributed by atoms with E-state index >= 15 is 0 Å². The zero-order chi connectivity index (χ0) is 17.6. The molecule has 4 nitrogen and oxygen atoms in total. The van der Waals surface area contributed by atoms with Gasteiger partial charge < -0.3 is 14.0 Å². The van der Waals surface area contributed by atoms with Crippen molar-refractivity contribution in [1.82, 2.24) is 9.55 Å². The number of ether oxygens (including phenoxy) is 2. The number of benzene rings is 2. The molecule has 0 fully saturated rings. The Morgan fingerprint density at radius 1 is 1.12 bits per heavy atom. The van der Waals surface area contributed by atoms with Crippen molar-refractivity contribution in [1.29, 1.82) is 0 Å². The van der Waals surface area contributed by atoms with Crippen LogP contribution in [0.2, 0.25) is 0 Å². The predicted molar refractivity (Wildman–Crippen MR) is 98.7 cm³/mol. The van der Waals surface area contributed by atoms with Crippen LogP contribution in [-0.4, -0.2) is 16.7 Å². The van der Waals surface area contributed by atoms with E-state index in [-0.39, 0.29) is 6.10 Å². The molecule has 4 heteroatoms. The maximum atomic E-state index is 6.32. The summed E-state index contributed by atoms with van der Waals surface area (Å²) in [6.45, 7) is 5.50. The molecule has 1 unspecified atom stereocenters. The van der Waals surface area contributed by atoms with E-state index in [9.17, 15) is 0 Å². The van der Waals surface area contributed by atoms with Crippen LogP contribution in [0, 0.1) is 13.8 Å². The lowest BCUT2D eigenvalue weighted by Crippen LogP contribution is -2.13. The van der Waals surface area contributed by atoms with Gasteiger partial charge in [0.1, 0.15) is 11.9 Å². The lowest BCUT2D eigenvalue weighted by Gasteiger charge is -2.21. The second-order valence-electron chi connectivity index (χ2n) is 6.27. The quantitative estimate of drug-likeness (QED) is 0.639. The highest BCUT2D eigenvalue weighted by Gasteiger charge is 2.16. The highest BCUT2D eigenvalue weighted by Crippen LogP contribution is 2.26. The summed E-state index contributed by atoms with van der Waals surface area (Å²) >= 11 is 0. The van der Waals surface area contributed by atoms with Gasteiger partial charge in [0, 0.05) is 12.4 Å². The third-order valence-electron chi connectivity index (χ3n) is 4.30. The fourth-order valence-corrected chi connectivity index (χ4v) is 2.89. The molecule has 0 aliphatic carbocycles. The minimum Gasteiger partial charge on any atom is -0.497 e. The Hall–Kier alpha value is -2.59. The van der Waals surface area contributed by atoms with Crippen LogP contribution in [0.15, 0.2) is 61.2 Å². The molecule has 0 radical (unpaired) electrons. The molecule has 1 atom stereocenters. The second-order valence-corrected chi connectivity index (χ2v) is 6.27. The molecule has 0 amide bonds. The Labute approximate surface area is 149 Å². The summed E-state index contributed by atoms with van der Waals surface area (Å²) in [5.41, 5.74) is 4.79. The van der Waals surface area contributed by atoms with E-state index in [0.717, 1.165) is 17.9 Å². The number of methoxy groups -OCH3 is 1. The van der Waals surface area contributed by atoms with Crippen LogP contribution < -0.4 is 4.74 Å². The molecule has 0 aliphatic heterocycles. The molecule has 130 valence electrons. The van der Waals surface area contributed by atoms with Crippen molar-refractivity contribution >= 4 is 0 Å². The first-order chi connectivity index (χ1) is 12.2. The van der Waals surface area contributed by atoms with Crippen molar-refractivity contribution < 1.29 is 9.47 Å². The van der Waals surface area contributed by atoms with Crippen LogP contribution in [-0.2, 0) is 17.9 Å². The van der Waals surface area contributed by atoms with Gasteiger partial charge in [0.05, 0.1) is 26.6 Å². The Kier molecular flexibility index (Phi) is 5.51. The number of hydrogen-bond acceptors (Lipinski definition) is 3. The van der Waals surface area contributed by atoms with E-state index < -0.39 is 0 Å². The SMILES string of the molecule is COc1cccc(COC(Cn2ccnc2)c2cc(C)ccc2C)c1. The zero-order valence-electron chi connectivity index (χ0n) is 15.0. The van der Waals surface area contributed by atoms with Gasteiger partial charge in [0.25, 0.3) is 0 Å². The molecule has 3 rings (SSSR count). The highest BCUT2D eigenvalue weighted by molar-refractivity contribution is 5.32. The van der Waals surface area contributed by atoms with Crippen molar-refractivity contribution in [2.24, 2.45) is 0 Å². The number of imidazole rings is 1. The summed E-state index contributed by atoms with van der Waals surface area (Å²) in [6, 6.07) is 14.5. The van der Waals surface area contributed by atoms with Crippen molar-refractivity contribution in [2.45, 2.75) is 33.1 Å². The summed E-state index contributed by atoms with van der Waals surface area (Å²) in [7, 11) is 1.68. The molecule has 0 N–H and O–H groups in total. The molecule has 0 spiro atoms. The fraction of sp³-hybridized carbons (Fsp3) is 0.286. The van der Waals surface area contributed by atoms with Crippen molar-refractivity contribution in [2.75, 3.05) is 7.11 Å². The number of aromatic nitrogens is 2. The summed E-state index contributed by atoms with van der Waals surface area (Å²) < 4.78 is 13.7. The van der Waals surface area contributed by atoms with Gasteiger partial charge in [-0.05, 0) is 42.7 Å². The van der Waals surface area contributed by atoms with Crippen LogP contribution >= 0.6 is 0 Å². The van der Waals surface area contributed by atoms with E-state index in [4.69, 9.17) is 9.47 Å².